The topological polar surface area (TPSA) is 77.2 Å². The molecule has 1 N–H and O–H groups in total. The molecule has 3 rings (SSSR count). The third kappa shape index (κ3) is 5.48. The Hall–Kier alpha value is -2.02. The van der Waals surface area contributed by atoms with Gasteiger partial charge in [0.25, 0.3) is 11.1 Å². The van der Waals surface area contributed by atoms with Crippen molar-refractivity contribution < 1.29 is 13.9 Å². The van der Waals surface area contributed by atoms with Gasteiger partial charge >= 0.3 is 0 Å². The molecule has 27 heavy (non-hydrogen) atoms. The van der Waals surface area contributed by atoms with Gasteiger partial charge in [0.15, 0.2) is 6.61 Å². The second-order valence-corrected chi connectivity index (χ2v) is 8.12. The van der Waals surface area contributed by atoms with Crippen molar-refractivity contribution in [3.8, 4) is 5.75 Å². The largest absolute Gasteiger partial charge is 0.483 e. The number of thioether (sulfide) groups is 1. The number of hydrogen-bond donors (Lipinski definition) is 1. The Morgan fingerprint density at radius 1 is 1.26 bits per heavy atom. The lowest BCUT2D eigenvalue weighted by Crippen LogP contribution is -2.41. The van der Waals surface area contributed by atoms with Crippen LogP contribution in [0.1, 0.15) is 49.6 Å². The van der Waals surface area contributed by atoms with Gasteiger partial charge in [-0.25, -0.2) is 0 Å². The molecule has 0 unspecified atom stereocenters. The zero-order chi connectivity index (χ0) is 19.2. The number of amides is 1. The molecule has 1 aromatic carbocycles. The van der Waals surface area contributed by atoms with Gasteiger partial charge in [-0.1, -0.05) is 49.7 Å². The SMILES string of the molecule is Cc1cccc(C)c1OCc1nnc(SCC(=O)N[C@H]2CCCC[C@H]2C)o1. The monoisotopic (exact) mass is 389 g/mol. The predicted octanol–water partition coefficient (Wildman–Crippen LogP) is 4.05. The molecule has 1 aliphatic rings. The van der Waals surface area contributed by atoms with Crippen LogP contribution in [0.5, 0.6) is 5.75 Å². The average Bonchev–Trinajstić information content (AvgIpc) is 3.09. The highest BCUT2D eigenvalue weighted by Gasteiger charge is 2.23. The van der Waals surface area contributed by atoms with E-state index in [4.69, 9.17) is 9.15 Å². The number of ether oxygens (including phenoxy) is 1. The standard InChI is InChI=1S/C20H27N3O3S/c1-13-7-4-5-10-16(13)21-17(24)12-27-20-23-22-18(26-20)11-25-19-14(2)8-6-9-15(19)3/h6,8-9,13,16H,4-5,7,10-12H2,1-3H3,(H,21,24)/t13-,16+/m1/s1. The van der Waals surface area contributed by atoms with Crippen LogP contribution < -0.4 is 10.1 Å². The predicted molar refractivity (Wildman–Crippen MR) is 105 cm³/mol. The number of aromatic nitrogens is 2. The van der Waals surface area contributed by atoms with Crippen LogP contribution in [-0.4, -0.2) is 27.9 Å². The van der Waals surface area contributed by atoms with Crippen molar-refractivity contribution in [2.24, 2.45) is 5.92 Å². The van der Waals surface area contributed by atoms with Gasteiger partial charge in [0, 0.05) is 6.04 Å². The van der Waals surface area contributed by atoms with Gasteiger partial charge in [-0.2, -0.15) is 0 Å². The summed E-state index contributed by atoms with van der Waals surface area (Å²) in [5, 5.41) is 11.5. The Labute approximate surface area is 164 Å². The smallest absolute Gasteiger partial charge is 0.277 e. The molecular formula is C20H27N3O3S. The first-order valence-electron chi connectivity index (χ1n) is 9.46. The highest BCUT2D eigenvalue weighted by molar-refractivity contribution is 7.99. The summed E-state index contributed by atoms with van der Waals surface area (Å²) in [5.41, 5.74) is 2.13. The van der Waals surface area contributed by atoms with Gasteiger partial charge in [0.1, 0.15) is 5.75 Å². The molecule has 1 aromatic heterocycles. The van der Waals surface area contributed by atoms with Crippen molar-refractivity contribution in [2.45, 2.75) is 64.3 Å². The molecule has 0 radical (unpaired) electrons. The fourth-order valence-corrected chi connectivity index (χ4v) is 4.01. The van der Waals surface area contributed by atoms with Crippen LogP contribution in [-0.2, 0) is 11.4 Å². The van der Waals surface area contributed by atoms with Crippen molar-refractivity contribution in [1.82, 2.24) is 15.5 Å². The van der Waals surface area contributed by atoms with Crippen LogP contribution in [0.3, 0.4) is 0 Å². The molecule has 2 atom stereocenters. The molecule has 7 heteroatoms. The maximum Gasteiger partial charge on any atom is 0.277 e. The normalized spacial score (nSPS) is 19.7. The highest BCUT2D eigenvalue weighted by atomic mass is 32.2. The van der Waals surface area contributed by atoms with E-state index in [0.29, 0.717) is 17.0 Å². The molecule has 146 valence electrons. The van der Waals surface area contributed by atoms with E-state index in [9.17, 15) is 4.79 Å². The lowest BCUT2D eigenvalue weighted by Gasteiger charge is -2.29. The van der Waals surface area contributed by atoms with Crippen LogP contribution in [0.25, 0.3) is 0 Å². The van der Waals surface area contributed by atoms with E-state index >= 15 is 0 Å². The average molecular weight is 390 g/mol. The molecule has 0 bridgehead atoms. The third-order valence-electron chi connectivity index (χ3n) is 4.98. The van der Waals surface area contributed by atoms with Gasteiger partial charge < -0.3 is 14.5 Å². The summed E-state index contributed by atoms with van der Waals surface area (Å²) in [6, 6.07) is 6.29. The number of nitrogens with zero attached hydrogens (tertiary/aromatic N) is 2. The van der Waals surface area contributed by atoms with Crippen molar-refractivity contribution in [1.29, 1.82) is 0 Å². The zero-order valence-electron chi connectivity index (χ0n) is 16.2. The summed E-state index contributed by atoms with van der Waals surface area (Å²) < 4.78 is 11.4. The molecule has 1 saturated carbocycles. The van der Waals surface area contributed by atoms with Crippen LogP contribution in [0.4, 0.5) is 0 Å². The summed E-state index contributed by atoms with van der Waals surface area (Å²) in [5.74, 6) is 2.09. The van der Waals surface area contributed by atoms with E-state index in [0.717, 1.165) is 23.3 Å². The minimum Gasteiger partial charge on any atom is -0.483 e. The van der Waals surface area contributed by atoms with Gasteiger partial charge in [-0.05, 0) is 43.7 Å². The molecule has 0 saturated heterocycles. The number of nitrogens with one attached hydrogen (secondary N) is 1. The fourth-order valence-electron chi connectivity index (χ4n) is 3.42. The Balaban J connectivity index is 1.46. The lowest BCUT2D eigenvalue weighted by atomic mass is 9.86. The Morgan fingerprint density at radius 2 is 2.00 bits per heavy atom. The minimum atomic E-state index is 0.0188. The zero-order valence-corrected chi connectivity index (χ0v) is 17.0. The molecule has 0 aliphatic heterocycles. The Bertz CT molecular complexity index is 757. The quantitative estimate of drug-likeness (QED) is 0.720. The van der Waals surface area contributed by atoms with Crippen LogP contribution in [0.2, 0.25) is 0 Å². The number of aryl methyl sites for hydroxylation is 2. The van der Waals surface area contributed by atoms with E-state index in [1.165, 1.54) is 31.0 Å². The van der Waals surface area contributed by atoms with E-state index in [2.05, 4.69) is 22.4 Å². The molecular weight excluding hydrogens is 362 g/mol. The summed E-state index contributed by atoms with van der Waals surface area (Å²) in [7, 11) is 0. The summed E-state index contributed by atoms with van der Waals surface area (Å²) in [6.07, 6.45) is 4.70. The first-order valence-corrected chi connectivity index (χ1v) is 10.4. The van der Waals surface area contributed by atoms with Crippen LogP contribution >= 0.6 is 11.8 Å². The molecule has 0 spiro atoms. The van der Waals surface area contributed by atoms with Gasteiger partial charge in [0.05, 0.1) is 5.75 Å². The van der Waals surface area contributed by atoms with Crippen LogP contribution in [0.15, 0.2) is 27.8 Å². The number of hydrogen-bond acceptors (Lipinski definition) is 6. The van der Waals surface area contributed by atoms with Crippen LogP contribution in [0, 0.1) is 19.8 Å². The molecule has 2 aromatic rings. The minimum absolute atomic E-state index is 0.0188. The number of carbonyl (C=O) groups is 1. The summed E-state index contributed by atoms with van der Waals surface area (Å²) in [6.45, 7) is 6.43. The van der Waals surface area contributed by atoms with Gasteiger partial charge in [0.2, 0.25) is 5.91 Å². The van der Waals surface area contributed by atoms with Crippen molar-refractivity contribution in [3.63, 3.8) is 0 Å². The number of rotatable bonds is 7. The van der Waals surface area contributed by atoms with E-state index in [-0.39, 0.29) is 24.3 Å². The third-order valence-corrected chi connectivity index (χ3v) is 5.80. The maximum absolute atomic E-state index is 12.2. The Kier molecular flexibility index (Phi) is 6.77. The second kappa shape index (κ2) is 9.26. The maximum atomic E-state index is 12.2. The first kappa shape index (κ1) is 19.7. The first-order chi connectivity index (χ1) is 13.0. The van der Waals surface area contributed by atoms with E-state index in [1.54, 1.807) is 0 Å². The molecule has 6 nitrogen and oxygen atoms in total. The lowest BCUT2D eigenvalue weighted by molar-refractivity contribution is -0.119. The van der Waals surface area contributed by atoms with Crippen molar-refractivity contribution in [2.75, 3.05) is 5.75 Å². The van der Waals surface area contributed by atoms with Gasteiger partial charge in [-0.15, -0.1) is 10.2 Å². The molecule has 1 aliphatic carbocycles. The molecule has 1 amide bonds. The van der Waals surface area contributed by atoms with Crippen molar-refractivity contribution in [3.05, 3.63) is 35.2 Å². The highest BCUT2D eigenvalue weighted by Crippen LogP contribution is 2.25. The molecule has 1 fully saturated rings. The fraction of sp³-hybridized carbons (Fsp3) is 0.550. The van der Waals surface area contributed by atoms with E-state index in [1.807, 2.05) is 32.0 Å². The van der Waals surface area contributed by atoms with E-state index < -0.39 is 0 Å². The number of para-hydroxylation sites is 1. The summed E-state index contributed by atoms with van der Waals surface area (Å²) >= 11 is 1.26. The number of carbonyl (C=O) groups excluding carboxylic acids is 1. The summed E-state index contributed by atoms with van der Waals surface area (Å²) in [4.78, 5) is 12.2. The molecule has 1 heterocycles. The second-order valence-electron chi connectivity index (χ2n) is 7.20. The van der Waals surface area contributed by atoms with Gasteiger partial charge in [-0.3, -0.25) is 4.79 Å². The number of benzene rings is 1. The Morgan fingerprint density at radius 3 is 2.74 bits per heavy atom. The van der Waals surface area contributed by atoms with Crippen molar-refractivity contribution >= 4 is 17.7 Å².